The van der Waals surface area contributed by atoms with Gasteiger partial charge in [0, 0.05) is 6.54 Å². The molecule has 1 atom stereocenters. The third-order valence-corrected chi connectivity index (χ3v) is 3.65. The second-order valence-corrected chi connectivity index (χ2v) is 5.20. The van der Waals surface area contributed by atoms with Gasteiger partial charge in [0.2, 0.25) is 0 Å². The van der Waals surface area contributed by atoms with Crippen LogP contribution >= 0.6 is 11.6 Å². The number of nitrogens with two attached hydrogens (primary N) is 1. The molecular weight excluding hydrogens is 301 g/mol. The first-order valence-corrected chi connectivity index (χ1v) is 7.13. The predicted molar refractivity (Wildman–Crippen MR) is 75.8 cm³/mol. The Morgan fingerprint density at radius 1 is 1.52 bits per heavy atom. The van der Waals surface area contributed by atoms with Crippen molar-refractivity contribution in [3.8, 4) is 5.75 Å². The van der Waals surface area contributed by atoms with Crippen molar-refractivity contribution in [1.29, 1.82) is 0 Å². The maximum Gasteiger partial charge on any atom is 0.195 e. The van der Waals surface area contributed by atoms with Crippen molar-refractivity contribution in [3.05, 3.63) is 28.0 Å². The Balaban J connectivity index is 2.66. The van der Waals surface area contributed by atoms with Gasteiger partial charge >= 0.3 is 0 Å². The second kappa shape index (κ2) is 6.46. The molecule has 0 spiro atoms. The summed E-state index contributed by atoms with van der Waals surface area (Å²) in [6.45, 7) is 4.40. The maximum absolute atomic E-state index is 14.3. The smallest absolute Gasteiger partial charge is 0.195 e. The zero-order chi connectivity index (χ0) is 15.6. The fraction of sp³-hybridized carbons (Fsp3) is 0.571. The Kier molecular flexibility index (Phi) is 5.06. The number of hydrogen-bond donors (Lipinski definition) is 2. The average Bonchev–Trinajstić information content (AvgIpc) is 2.90. The monoisotopic (exact) mass is 319 g/mol. The van der Waals surface area contributed by atoms with Gasteiger partial charge in [-0.1, -0.05) is 11.6 Å². The Labute approximate surface area is 127 Å². The molecule has 1 aromatic carbocycles. The summed E-state index contributed by atoms with van der Waals surface area (Å²) >= 11 is 5.94. The van der Waals surface area contributed by atoms with Crippen LogP contribution < -0.4 is 10.5 Å². The van der Waals surface area contributed by atoms with Gasteiger partial charge in [0.25, 0.3) is 0 Å². The van der Waals surface area contributed by atoms with Crippen molar-refractivity contribution >= 4 is 11.6 Å². The van der Waals surface area contributed by atoms with Gasteiger partial charge in [0.15, 0.2) is 11.6 Å². The molecular formula is C14H19ClFNO4. The molecule has 0 saturated carbocycles. The van der Waals surface area contributed by atoms with Crippen LogP contribution in [-0.4, -0.2) is 31.5 Å². The van der Waals surface area contributed by atoms with E-state index in [2.05, 4.69) is 0 Å². The Bertz CT molecular complexity index is 520. The van der Waals surface area contributed by atoms with E-state index in [1.54, 1.807) is 13.8 Å². The quantitative estimate of drug-likeness (QED) is 0.869. The molecule has 0 bridgehead atoms. The van der Waals surface area contributed by atoms with Crippen LogP contribution in [0.25, 0.3) is 0 Å². The molecule has 21 heavy (non-hydrogen) atoms. The molecule has 118 valence electrons. The van der Waals surface area contributed by atoms with E-state index >= 15 is 0 Å². The van der Waals surface area contributed by atoms with Crippen molar-refractivity contribution in [3.63, 3.8) is 0 Å². The van der Waals surface area contributed by atoms with Crippen molar-refractivity contribution in [2.45, 2.75) is 25.7 Å². The lowest BCUT2D eigenvalue weighted by molar-refractivity contribution is -0.151. The van der Waals surface area contributed by atoms with Gasteiger partial charge in [-0.25, -0.2) is 4.39 Å². The predicted octanol–water partition coefficient (Wildman–Crippen LogP) is 2.09. The molecule has 1 fully saturated rings. The summed E-state index contributed by atoms with van der Waals surface area (Å²) in [5.74, 6) is -1.67. The SMILES string of the molecule is CCOc1c(C2(C)OCCO2)cc(Cl)c(F)c1[C@H](O)CN. The Morgan fingerprint density at radius 2 is 2.14 bits per heavy atom. The first kappa shape index (κ1) is 16.5. The highest BCUT2D eigenvalue weighted by atomic mass is 35.5. The zero-order valence-electron chi connectivity index (χ0n) is 12.0. The summed E-state index contributed by atoms with van der Waals surface area (Å²) in [6.07, 6.45) is -1.23. The molecule has 5 nitrogen and oxygen atoms in total. The van der Waals surface area contributed by atoms with Gasteiger partial charge in [-0.15, -0.1) is 0 Å². The summed E-state index contributed by atoms with van der Waals surface area (Å²) in [5.41, 5.74) is 5.82. The van der Waals surface area contributed by atoms with Crippen LogP contribution in [0.1, 0.15) is 31.1 Å². The van der Waals surface area contributed by atoms with Crippen LogP contribution in [0, 0.1) is 5.82 Å². The van der Waals surface area contributed by atoms with Crippen LogP contribution in [0.4, 0.5) is 4.39 Å². The van der Waals surface area contributed by atoms with E-state index in [9.17, 15) is 9.50 Å². The first-order valence-electron chi connectivity index (χ1n) is 6.75. The molecule has 2 rings (SSSR count). The maximum atomic E-state index is 14.3. The Morgan fingerprint density at radius 3 is 2.67 bits per heavy atom. The fourth-order valence-corrected chi connectivity index (χ4v) is 2.56. The van der Waals surface area contributed by atoms with Crippen LogP contribution in [0.5, 0.6) is 5.75 Å². The molecule has 0 unspecified atom stereocenters. The summed E-state index contributed by atoms with van der Waals surface area (Å²) < 4.78 is 31.0. The number of aliphatic hydroxyl groups excluding tert-OH is 1. The molecule has 1 aromatic rings. The van der Waals surface area contributed by atoms with Crippen molar-refractivity contribution in [2.24, 2.45) is 5.73 Å². The summed E-state index contributed by atoms with van der Waals surface area (Å²) in [5, 5.41) is 9.87. The van der Waals surface area contributed by atoms with Gasteiger partial charge < -0.3 is 25.1 Å². The normalized spacial score (nSPS) is 18.8. The molecule has 0 amide bonds. The van der Waals surface area contributed by atoms with Gasteiger partial charge in [0.1, 0.15) is 5.75 Å². The van der Waals surface area contributed by atoms with Gasteiger partial charge in [-0.05, 0) is 19.9 Å². The van der Waals surface area contributed by atoms with E-state index < -0.39 is 17.7 Å². The highest BCUT2D eigenvalue weighted by Crippen LogP contribution is 2.43. The van der Waals surface area contributed by atoms with Crippen LogP contribution in [0.2, 0.25) is 5.02 Å². The lowest BCUT2D eigenvalue weighted by atomic mass is 9.98. The summed E-state index contributed by atoms with van der Waals surface area (Å²) in [4.78, 5) is 0. The van der Waals surface area contributed by atoms with Crippen molar-refractivity contribution in [2.75, 3.05) is 26.4 Å². The molecule has 7 heteroatoms. The number of aliphatic hydroxyl groups is 1. The van der Waals surface area contributed by atoms with Gasteiger partial charge in [0.05, 0.1) is 42.1 Å². The van der Waals surface area contributed by atoms with Crippen molar-refractivity contribution < 1.29 is 23.7 Å². The summed E-state index contributed by atoms with van der Waals surface area (Å²) in [7, 11) is 0. The molecule has 1 aliphatic rings. The van der Waals surface area contributed by atoms with E-state index in [1.165, 1.54) is 6.07 Å². The van der Waals surface area contributed by atoms with Crippen molar-refractivity contribution in [1.82, 2.24) is 0 Å². The van der Waals surface area contributed by atoms with E-state index in [-0.39, 0.29) is 29.5 Å². The number of hydrogen-bond acceptors (Lipinski definition) is 5. The zero-order valence-corrected chi connectivity index (χ0v) is 12.7. The lowest BCUT2D eigenvalue weighted by Gasteiger charge is -2.28. The minimum atomic E-state index is -1.23. The molecule has 0 radical (unpaired) electrons. The molecule has 0 aliphatic carbocycles. The van der Waals surface area contributed by atoms with Gasteiger partial charge in [-0.2, -0.15) is 0 Å². The minimum Gasteiger partial charge on any atom is -0.493 e. The minimum absolute atomic E-state index is 0.0674. The number of rotatable bonds is 5. The van der Waals surface area contributed by atoms with E-state index in [0.29, 0.717) is 18.8 Å². The van der Waals surface area contributed by atoms with E-state index in [1.807, 2.05) is 0 Å². The van der Waals surface area contributed by atoms with Crippen LogP contribution in [-0.2, 0) is 15.3 Å². The highest BCUT2D eigenvalue weighted by molar-refractivity contribution is 6.31. The molecule has 3 N–H and O–H groups in total. The third kappa shape index (κ3) is 3.00. The largest absolute Gasteiger partial charge is 0.493 e. The number of benzene rings is 1. The van der Waals surface area contributed by atoms with Crippen LogP contribution in [0.15, 0.2) is 6.07 Å². The highest BCUT2D eigenvalue weighted by Gasteiger charge is 2.39. The third-order valence-electron chi connectivity index (χ3n) is 3.38. The van der Waals surface area contributed by atoms with E-state index in [4.69, 9.17) is 31.5 Å². The molecule has 1 saturated heterocycles. The lowest BCUT2D eigenvalue weighted by Crippen LogP contribution is -2.26. The number of ether oxygens (including phenoxy) is 3. The molecule has 1 heterocycles. The topological polar surface area (TPSA) is 73.9 Å². The van der Waals surface area contributed by atoms with Crippen LogP contribution in [0.3, 0.4) is 0 Å². The Hall–Kier alpha value is -0.920. The first-order chi connectivity index (χ1) is 9.94. The number of halogens is 2. The molecule has 0 aromatic heterocycles. The molecule has 1 aliphatic heterocycles. The van der Waals surface area contributed by atoms with Gasteiger partial charge in [-0.3, -0.25) is 0 Å². The fourth-order valence-electron chi connectivity index (χ4n) is 2.35. The average molecular weight is 320 g/mol. The second-order valence-electron chi connectivity index (χ2n) is 4.79. The summed E-state index contributed by atoms with van der Waals surface area (Å²) in [6, 6.07) is 1.40. The van der Waals surface area contributed by atoms with E-state index in [0.717, 1.165) is 0 Å². The standard InChI is InChI=1S/C14H19ClFNO4/c1-3-19-13-8(14(2)20-4-5-21-14)6-9(15)12(16)11(13)10(18)7-17/h6,10,18H,3-5,7,17H2,1-2H3/t10-/m1/s1.